The van der Waals surface area contributed by atoms with Crippen LogP contribution in [0.15, 0.2) is 12.1 Å². The third-order valence-corrected chi connectivity index (χ3v) is 6.65. The SMILES string of the molecule is COc1cc2c(cc1OC)C1CC(NC(=O)OC(C)(C)C)C(N3CC(CF)OC3=O)CN1CC2. The molecule has 3 aliphatic rings. The number of alkyl carbamates (subject to hydrolysis) is 1. The van der Waals surface area contributed by atoms with E-state index in [1.807, 2.05) is 12.1 Å². The first-order valence-corrected chi connectivity index (χ1v) is 11.6. The number of carbonyl (C=O) groups excluding carboxylic acids is 2. The summed E-state index contributed by atoms with van der Waals surface area (Å²) in [5.74, 6) is 1.33. The van der Waals surface area contributed by atoms with E-state index in [0.717, 1.165) is 18.5 Å². The number of methoxy groups -OCH3 is 2. The Morgan fingerprint density at radius 1 is 1.21 bits per heavy atom. The zero-order chi connectivity index (χ0) is 24.6. The Kier molecular flexibility index (Phi) is 6.80. The van der Waals surface area contributed by atoms with Crippen molar-refractivity contribution in [1.82, 2.24) is 15.1 Å². The number of benzene rings is 1. The van der Waals surface area contributed by atoms with Gasteiger partial charge < -0.3 is 24.3 Å². The minimum Gasteiger partial charge on any atom is -0.493 e. The fourth-order valence-corrected chi connectivity index (χ4v) is 5.16. The van der Waals surface area contributed by atoms with E-state index in [4.69, 9.17) is 18.9 Å². The van der Waals surface area contributed by atoms with Crippen LogP contribution in [0.3, 0.4) is 0 Å². The van der Waals surface area contributed by atoms with Crippen LogP contribution in [0.1, 0.15) is 44.4 Å². The van der Waals surface area contributed by atoms with Crippen LogP contribution in [0.25, 0.3) is 0 Å². The molecule has 10 heteroatoms. The molecule has 188 valence electrons. The van der Waals surface area contributed by atoms with Gasteiger partial charge in [-0.1, -0.05) is 0 Å². The molecule has 0 bridgehead atoms. The molecule has 9 nitrogen and oxygen atoms in total. The van der Waals surface area contributed by atoms with Gasteiger partial charge in [-0.25, -0.2) is 14.0 Å². The number of cyclic esters (lactones) is 1. The molecule has 4 rings (SSSR count). The fourth-order valence-electron chi connectivity index (χ4n) is 5.16. The third kappa shape index (κ3) is 4.87. The maximum absolute atomic E-state index is 13.2. The Bertz CT molecular complexity index is 936. The lowest BCUT2D eigenvalue weighted by molar-refractivity contribution is 0.0251. The summed E-state index contributed by atoms with van der Waals surface area (Å²) in [5.41, 5.74) is 1.63. The first-order valence-electron chi connectivity index (χ1n) is 11.6. The zero-order valence-electron chi connectivity index (χ0n) is 20.4. The van der Waals surface area contributed by atoms with E-state index in [1.54, 1.807) is 39.9 Å². The monoisotopic (exact) mass is 479 g/mol. The summed E-state index contributed by atoms with van der Waals surface area (Å²) in [4.78, 5) is 29.1. The molecule has 3 aliphatic heterocycles. The van der Waals surface area contributed by atoms with E-state index >= 15 is 0 Å². The van der Waals surface area contributed by atoms with Crippen LogP contribution >= 0.6 is 0 Å². The topological polar surface area (TPSA) is 89.6 Å². The Morgan fingerprint density at radius 2 is 1.91 bits per heavy atom. The van der Waals surface area contributed by atoms with Crippen molar-refractivity contribution in [1.29, 1.82) is 0 Å². The maximum atomic E-state index is 13.2. The van der Waals surface area contributed by atoms with Crippen LogP contribution in [0.5, 0.6) is 11.5 Å². The smallest absolute Gasteiger partial charge is 0.410 e. The molecular weight excluding hydrogens is 445 g/mol. The van der Waals surface area contributed by atoms with Gasteiger partial charge in [-0.05, 0) is 56.9 Å². The summed E-state index contributed by atoms with van der Waals surface area (Å²) >= 11 is 0. The summed E-state index contributed by atoms with van der Waals surface area (Å²) in [6.45, 7) is 6.13. The number of fused-ring (bicyclic) bond motifs is 3. The molecule has 4 atom stereocenters. The largest absolute Gasteiger partial charge is 0.493 e. The molecular formula is C24H34FN3O6. The molecule has 3 heterocycles. The Hall–Kier alpha value is -2.75. The van der Waals surface area contributed by atoms with Crippen molar-refractivity contribution in [3.05, 3.63) is 23.3 Å². The molecule has 0 aliphatic carbocycles. The summed E-state index contributed by atoms with van der Waals surface area (Å²) in [6, 6.07) is 3.25. The average molecular weight is 480 g/mol. The molecule has 0 radical (unpaired) electrons. The number of amides is 2. The molecule has 0 spiro atoms. The van der Waals surface area contributed by atoms with E-state index in [2.05, 4.69) is 10.2 Å². The van der Waals surface area contributed by atoms with E-state index in [1.165, 1.54) is 5.56 Å². The summed E-state index contributed by atoms with van der Waals surface area (Å²) in [7, 11) is 3.22. The normalized spacial score (nSPS) is 26.9. The van der Waals surface area contributed by atoms with Crippen LogP contribution in [-0.2, 0) is 15.9 Å². The van der Waals surface area contributed by atoms with Gasteiger partial charge in [0.2, 0.25) is 0 Å². The predicted molar refractivity (Wildman–Crippen MR) is 122 cm³/mol. The van der Waals surface area contributed by atoms with Gasteiger partial charge in [-0.2, -0.15) is 0 Å². The summed E-state index contributed by atoms with van der Waals surface area (Å²) in [5, 5.41) is 2.98. The van der Waals surface area contributed by atoms with Crippen molar-refractivity contribution in [2.75, 3.05) is 40.5 Å². The van der Waals surface area contributed by atoms with Gasteiger partial charge >= 0.3 is 12.2 Å². The second-order valence-corrected chi connectivity index (χ2v) is 10.0. The first kappa shape index (κ1) is 24.4. The number of rotatable bonds is 5. The van der Waals surface area contributed by atoms with E-state index in [0.29, 0.717) is 24.5 Å². The minimum absolute atomic E-state index is 0.00957. The second-order valence-electron chi connectivity index (χ2n) is 10.0. The minimum atomic E-state index is -0.786. The number of hydrogen-bond donors (Lipinski definition) is 1. The fraction of sp³-hybridized carbons (Fsp3) is 0.667. The number of nitrogens with zero attached hydrogens (tertiary/aromatic N) is 2. The molecule has 2 amide bonds. The number of hydrogen-bond acceptors (Lipinski definition) is 7. The highest BCUT2D eigenvalue weighted by molar-refractivity contribution is 5.71. The standard InChI is InChI=1S/C24H34FN3O6/c1-24(2,3)34-22(29)26-17-10-18-16-9-21(32-5)20(31-4)8-14(16)6-7-27(18)13-19(17)28-12-15(11-25)33-23(28)30/h8-9,15,17-19H,6-7,10-13H2,1-5H3,(H,26,29). The number of piperidine rings is 1. The van der Waals surface area contributed by atoms with E-state index < -0.39 is 36.6 Å². The van der Waals surface area contributed by atoms with Gasteiger partial charge in [0, 0.05) is 19.1 Å². The number of nitrogens with one attached hydrogen (secondary N) is 1. The quantitative estimate of drug-likeness (QED) is 0.694. The molecule has 34 heavy (non-hydrogen) atoms. The number of carbonyl (C=O) groups is 2. The van der Waals surface area contributed by atoms with Crippen LogP contribution in [0.2, 0.25) is 0 Å². The Labute approximate surface area is 199 Å². The van der Waals surface area contributed by atoms with Crippen LogP contribution in [-0.4, -0.2) is 86.3 Å². The average Bonchev–Trinajstić information content (AvgIpc) is 3.16. The number of halogens is 1. The Balaban J connectivity index is 1.63. The lowest BCUT2D eigenvalue weighted by atomic mass is 9.82. The van der Waals surface area contributed by atoms with Crippen LogP contribution in [0.4, 0.5) is 14.0 Å². The lowest BCUT2D eigenvalue weighted by Crippen LogP contribution is -2.62. The van der Waals surface area contributed by atoms with Crippen molar-refractivity contribution in [3.63, 3.8) is 0 Å². The lowest BCUT2D eigenvalue weighted by Gasteiger charge is -2.49. The molecule has 1 aromatic carbocycles. The molecule has 4 unspecified atom stereocenters. The molecule has 0 aromatic heterocycles. The molecule has 2 fully saturated rings. The molecule has 2 saturated heterocycles. The van der Waals surface area contributed by atoms with Crippen molar-refractivity contribution in [2.24, 2.45) is 0 Å². The highest BCUT2D eigenvalue weighted by Crippen LogP contribution is 2.42. The van der Waals surface area contributed by atoms with Crippen LogP contribution < -0.4 is 14.8 Å². The van der Waals surface area contributed by atoms with Gasteiger partial charge in [-0.3, -0.25) is 9.80 Å². The molecule has 0 saturated carbocycles. The first-order chi connectivity index (χ1) is 16.1. The molecule has 1 N–H and O–H groups in total. The van der Waals surface area contributed by atoms with Crippen molar-refractivity contribution in [3.8, 4) is 11.5 Å². The van der Waals surface area contributed by atoms with Gasteiger partial charge in [0.15, 0.2) is 11.5 Å². The van der Waals surface area contributed by atoms with E-state index in [9.17, 15) is 14.0 Å². The maximum Gasteiger partial charge on any atom is 0.410 e. The zero-order valence-corrected chi connectivity index (χ0v) is 20.4. The number of alkyl halides is 1. The van der Waals surface area contributed by atoms with Crippen molar-refractivity contribution >= 4 is 12.2 Å². The van der Waals surface area contributed by atoms with Crippen molar-refractivity contribution < 1.29 is 32.9 Å². The highest BCUT2D eigenvalue weighted by Gasteiger charge is 2.47. The van der Waals surface area contributed by atoms with Gasteiger partial charge in [0.25, 0.3) is 0 Å². The van der Waals surface area contributed by atoms with Gasteiger partial charge in [0.05, 0.1) is 32.8 Å². The number of ether oxygens (including phenoxy) is 4. The highest BCUT2D eigenvalue weighted by atomic mass is 19.1. The van der Waals surface area contributed by atoms with Crippen molar-refractivity contribution in [2.45, 2.75) is 63.4 Å². The molecule has 1 aromatic rings. The van der Waals surface area contributed by atoms with Gasteiger partial charge in [-0.15, -0.1) is 0 Å². The summed E-state index contributed by atoms with van der Waals surface area (Å²) in [6.07, 6.45) is -0.511. The third-order valence-electron chi connectivity index (χ3n) is 6.65. The Morgan fingerprint density at radius 3 is 2.53 bits per heavy atom. The van der Waals surface area contributed by atoms with E-state index in [-0.39, 0.29) is 18.6 Å². The summed E-state index contributed by atoms with van der Waals surface area (Å²) < 4.78 is 34.9. The van der Waals surface area contributed by atoms with Gasteiger partial charge in [0.1, 0.15) is 18.4 Å². The second kappa shape index (κ2) is 9.48. The van der Waals surface area contributed by atoms with Crippen LogP contribution in [0, 0.1) is 0 Å². The predicted octanol–water partition coefficient (Wildman–Crippen LogP) is 3.06.